The van der Waals surface area contributed by atoms with Crippen LogP contribution in [0.15, 0.2) is 12.2 Å². The third kappa shape index (κ3) is 3.55. The lowest BCUT2D eigenvalue weighted by molar-refractivity contribution is -0.186. The molecule has 1 aliphatic carbocycles. The highest BCUT2D eigenvalue weighted by atomic mass is 16.6. The van der Waals surface area contributed by atoms with Crippen molar-refractivity contribution in [3.05, 3.63) is 12.2 Å². The van der Waals surface area contributed by atoms with Crippen molar-refractivity contribution in [3.63, 3.8) is 0 Å². The number of hydrogen-bond acceptors (Lipinski definition) is 8. The molecule has 3 aliphatic rings. The van der Waals surface area contributed by atoms with Crippen LogP contribution in [0.4, 0.5) is 4.79 Å². The van der Waals surface area contributed by atoms with Crippen LogP contribution in [0.25, 0.3) is 0 Å². The van der Waals surface area contributed by atoms with E-state index in [1.54, 1.807) is 32.9 Å². The first-order valence-corrected chi connectivity index (χ1v) is 10.8. The Labute approximate surface area is 188 Å². The summed E-state index contributed by atoms with van der Waals surface area (Å²) in [6, 6.07) is 0. The second kappa shape index (κ2) is 7.49. The summed E-state index contributed by atoms with van der Waals surface area (Å²) in [6.07, 6.45) is 3.67. The molecule has 9 heteroatoms. The molecule has 0 aromatic rings. The number of fused-ring (bicyclic) bond motifs is 2. The summed E-state index contributed by atoms with van der Waals surface area (Å²) in [5.41, 5.74) is -4.88. The van der Waals surface area contributed by atoms with Gasteiger partial charge in [0, 0.05) is 18.9 Å². The molecular formula is C23H33NO8. The van der Waals surface area contributed by atoms with Crippen molar-refractivity contribution in [1.29, 1.82) is 0 Å². The maximum atomic E-state index is 13.3. The van der Waals surface area contributed by atoms with Crippen LogP contribution in [0.2, 0.25) is 0 Å². The third-order valence-electron chi connectivity index (χ3n) is 7.26. The van der Waals surface area contributed by atoms with Crippen molar-refractivity contribution >= 4 is 24.0 Å². The monoisotopic (exact) mass is 451 g/mol. The maximum absolute atomic E-state index is 13.3. The molecule has 2 bridgehead atoms. The van der Waals surface area contributed by atoms with E-state index >= 15 is 0 Å². The third-order valence-corrected chi connectivity index (χ3v) is 7.26. The maximum Gasteiger partial charge on any atom is 0.411 e. The molecule has 3 rings (SSSR count). The molecule has 2 heterocycles. The highest BCUT2D eigenvalue weighted by molar-refractivity contribution is 5.93. The second-order valence-corrected chi connectivity index (χ2v) is 10.6. The first-order valence-electron chi connectivity index (χ1n) is 10.8. The van der Waals surface area contributed by atoms with Gasteiger partial charge in [-0.3, -0.25) is 14.5 Å². The molecule has 0 N–H and O–H groups in total. The summed E-state index contributed by atoms with van der Waals surface area (Å²) in [5, 5.41) is 0. The number of esters is 3. The Morgan fingerprint density at radius 3 is 2.22 bits per heavy atom. The lowest BCUT2D eigenvalue weighted by atomic mass is 9.66. The van der Waals surface area contributed by atoms with Crippen molar-refractivity contribution < 1.29 is 38.1 Å². The molecular weight excluding hydrogens is 418 g/mol. The lowest BCUT2D eigenvalue weighted by Crippen LogP contribution is -2.57. The summed E-state index contributed by atoms with van der Waals surface area (Å²) in [4.78, 5) is 51.5. The largest absolute Gasteiger partial charge is 0.463 e. The van der Waals surface area contributed by atoms with Gasteiger partial charge in [-0.2, -0.15) is 0 Å². The van der Waals surface area contributed by atoms with E-state index < -0.39 is 51.6 Å². The molecule has 3 atom stereocenters. The van der Waals surface area contributed by atoms with E-state index in [9.17, 15) is 19.2 Å². The zero-order valence-corrected chi connectivity index (χ0v) is 19.9. The standard InChI is InChI=1S/C23H33NO8/c1-15(25)29-13-22(9-8-12-24(22)18(28)32-19(2,3)4)14-30-17(27)23-11-10-21(7,16(26)31-23)20(23,5)6/h8-9H,10-14H2,1-7H3/t21-,22+,23+/m0/s1. The van der Waals surface area contributed by atoms with Crippen LogP contribution in [0.5, 0.6) is 0 Å². The van der Waals surface area contributed by atoms with Crippen LogP contribution in [0, 0.1) is 10.8 Å². The number of amides is 1. The summed E-state index contributed by atoms with van der Waals surface area (Å²) >= 11 is 0. The molecule has 2 aliphatic heterocycles. The highest BCUT2D eigenvalue weighted by Gasteiger charge is 2.76. The fourth-order valence-electron chi connectivity index (χ4n) is 4.75. The molecule has 0 radical (unpaired) electrons. The van der Waals surface area contributed by atoms with Gasteiger partial charge in [-0.1, -0.05) is 26.0 Å². The summed E-state index contributed by atoms with van der Waals surface area (Å²) < 4.78 is 22.0. The van der Waals surface area contributed by atoms with E-state index in [0.29, 0.717) is 12.8 Å². The number of carbonyl (C=O) groups is 4. The van der Waals surface area contributed by atoms with Gasteiger partial charge in [-0.25, -0.2) is 9.59 Å². The molecule has 178 valence electrons. The SMILES string of the molecule is CC(=O)OC[C@@]1(COC(=O)[C@@]23CC[C@@](C)(C(=O)O2)C3(C)C)C=CCN1C(=O)OC(C)(C)C. The molecule has 0 unspecified atom stereocenters. The van der Waals surface area contributed by atoms with Crippen molar-refractivity contribution in [3.8, 4) is 0 Å². The molecule has 0 aromatic carbocycles. The smallest absolute Gasteiger partial charge is 0.411 e. The van der Waals surface area contributed by atoms with Crippen LogP contribution in [-0.4, -0.2) is 65.4 Å². The summed E-state index contributed by atoms with van der Waals surface area (Å²) in [5.74, 6) is -1.60. The van der Waals surface area contributed by atoms with E-state index in [0.717, 1.165) is 0 Å². The minimum atomic E-state index is -1.39. The molecule has 9 nitrogen and oxygen atoms in total. The van der Waals surface area contributed by atoms with Crippen molar-refractivity contribution in [2.75, 3.05) is 19.8 Å². The number of hydrogen-bond donors (Lipinski definition) is 0. The second-order valence-electron chi connectivity index (χ2n) is 10.6. The van der Waals surface area contributed by atoms with Gasteiger partial charge in [0.2, 0.25) is 5.60 Å². The van der Waals surface area contributed by atoms with Crippen molar-refractivity contribution in [2.24, 2.45) is 10.8 Å². The Bertz CT molecular complexity index is 872. The summed E-state index contributed by atoms with van der Waals surface area (Å²) in [7, 11) is 0. The summed E-state index contributed by atoms with van der Waals surface area (Å²) in [6.45, 7) is 11.7. The predicted octanol–water partition coefficient (Wildman–Crippen LogP) is 2.76. The predicted molar refractivity (Wildman–Crippen MR) is 112 cm³/mol. The fraction of sp³-hybridized carbons (Fsp3) is 0.739. The molecule has 2 fully saturated rings. The van der Waals surface area contributed by atoms with Gasteiger partial charge in [0.05, 0.1) is 5.41 Å². The zero-order valence-electron chi connectivity index (χ0n) is 19.9. The Hall–Kier alpha value is -2.58. The van der Waals surface area contributed by atoms with E-state index in [2.05, 4.69) is 0 Å². The van der Waals surface area contributed by atoms with E-state index in [1.807, 2.05) is 20.8 Å². The van der Waals surface area contributed by atoms with Crippen molar-refractivity contribution in [2.45, 2.75) is 78.0 Å². The number of rotatable bonds is 5. The van der Waals surface area contributed by atoms with Gasteiger partial charge in [0.25, 0.3) is 0 Å². The quantitative estimate of drug-likeness (QED) is 0.357. The Kier molecular flexibility index (Phi) is 5.63. The van der Waals surface area contributed by atoms with Crippen LogP contribution in [0.1, 0.15) is 61.3 Å². The first-order chi connectivity index (χ1) is 14.6. The molecule has 32 heavy (non-hydrogen) atoms. The zero-order chi connectivity index (χ0) is 24.2. The van der Waals surface area contributed by atoms with Crippen molar-refractivity contribution in [1.82, 2.24) is 4.90 Å². The fourth-order valence-corrected chi connectivity index (χ4v) is 4.75. The van der Waals surface area contributed by atoms with Crippen LogP contribution >= 0.6 is 0 Å². The minimum Gasteiger partial charge on any atom is -0.463 e. The normalized spacial score (nSPS) is 32.6. The number of carbonyl (C=O) groups excluding carboxylic acids is 4. The molecule has 1 amide bonds. The average molecular weight is 452 g/mol. The minimum absolute atomic E-state index is 0.206. The van der Waals surface area contributed by atoms with E-state index in [-0.39, 0.29) is 19.8 Å². The number of nitrogens with zero attached hydrogens (tertiary/aromatic N) is 1. The number of ether oxygens (including phenoxy) is 4. The lowest BCUT2D eigenvalue weighted by Gasteiger charge is -2.39. The van der Waals surface area contributed by atoms with Gasteiger partial charge in [-0.15, -0.1) is 0 Å². The van der Waals surface area contributed by atoms with Crippen LogP contribution < -0.4 is 0 Å². The Morgan fingerprint density at radius 2 is 1.72 bits per heavy atom. The average Bonchev–Trinajstić information content (AvgIpc) is 3.22. The van der Waals surface area contributed by atoms with Gasteiger partial charge in [-0.05, 0) is 40.5 Å². The first kappa shape index (κ1) is 24.1. The Balaban J connectivity index is 1.83. The van der Waals surface area contributed by atoms with Crippen LogP contribution in [-0.2, 0) is 33.3 Å². The topological polar surface area (TPSA) is 108 Å². The van der Waals surface area contributed by atoms with Gasteiger partial charge >= 0.3 is 24.0 Å². The molecule has 1 saturated carbocycles. The highest BCUT2D eigenvalue weighted by Crippen LogP contribution is 2.65. The van der Waals surface area contributed by atoms with E-state index in [4.69, 9.17) is 18.9 Å². The van der Waals surface area contributed by atoms with Gasteiger partial charge in [0.1, 0.15) is 24.4 Å². The van der Waals surface area contributed by atoms with Crippen LogP contribution in [0.3, 0.4) is 0 Å². The molecule has 0 spiro atoms. The Morgan fingerprint density at radius 1 is 1.09 bits per heavy atom. The van der Waals surface area contributed by atoms with Gasteiger partial charge in [0.15, 0.2) is 0 Å². The molecule has 1 saturated heterocycles. The van der Waals surface area contributed by atoms with E-state index in [1.165, 1.54) is 11.8 Å². The van der Waals surface area contributed by atoms with Gasteiger partial charge < -0.3 is 18.9 Å². The molecule has 0 aromatic heterocycles.